The highest BCUT2D eigenvalue weighted by Gasteiger charge is 2.17. The van der Waals surface area contributed by atoms with Gasteiger partial charge in [0.05, 0.1) is 22.2 Å². The zero-order chi connectivity index (χ0) is 15.6. The van der Waals surface area contributed by atoms with E-state index in [1.165, 1.54) is 24.3 Å². The van der Waals surface area contributed by atoms with Crippen molar-refractivity contribution in [3.05, 3.63) is 48.0 Å². The molecule has 2 rings (SSSR count). The zero-order valence-corrected chi connectivity index (χ0v) is 11.4. The van der Waals surface area contributed by atoms with Crippen LogP contribution in [-0.4, -0.2) is 19.5 Å². The van der Waals surface area contributed by atoms with Crippen molar-refractivity contribution in [1.29, 1.82) is 0 Å². The number of rotatable bonds is 4. The van der Waals surface area contributed by atoms with Gasteiger partial charge in [-0.3, -0.25) is 4.72 Å². The number of nitrogens with two attached hydrogens (primary N) is 1. The summed E-state index contributed by atoms with van der Waals surface area (Å²) in [5.41, 5.74) is 4.93. The van der Waals surface area contributed by atoms with Gasteiger partial charge in [-0.05, 0) is 24.3 Å². The molecule has 0 saturated carbocycles. The van der Waals surface area contributed by atoms with Crippen molar-refractivity contribution < 1.29 is 23.4 Å². The van der Waals surface area contributed by atoms with Gasteiger partial charge < -0.3 is 20.7 Å². The van der Waals surface area contributed by atoms with E-state index in [0.717, 1.165) is 18.2 Å². The third-order valence-electron chi connectivity index (χ3n) is 2.70. The molecular weight excluding hydrogens is 296 g/mol. The number of phenolic OH excluding ortho intramolecular Hbond substituents is 1. The van der Waals surface area contributed by atoms with Crippen molar-refractivity contribution >= 4 is 27.4 Å². The van der Waals surface area contributed by atoms with Gasteiger partial charge in [0.1, 0.15) is 5.75 Å². The minimum absolute atomic E-state index is 0.105. The van der Waals surface area contributed by atoms with Gasteiger partial charge in [0.2, 0.25) is 0 Å². The molecule has 7 nitrogen and oxygen atoms in total. The number of hydrogen-bond donors (Lipinski definition) is 3. The van der Waals surface area contributed by atoms with Crippen molar-refractivity contribution in [2.45, 2.75) is 4.90 Å². The number of sulfonamides is 1. The van der Waals surface area contributed by atoms with E-state index < -0.39 is 16.0 Å². The number of aromatic carboxylic acids is 1. The van der Waals surface area contributed by atoms with Gasteiger partial charge in [0.25, 0.3) is 10.0 Å². The third-order valence-corrected chi connectivity index (χ3v) is 4.06. The number of phenols is 1. The number of anilines is 2. The van der Waals surface area contributed by atoms with E-state index >= 15 is 0 Å². The Bertz CT molecular complexity index is 802. The summed E-state index contributed by atoms with van der Waals surface area (Å²) in [6.07, 6.45) is 0. The van der Waals surface area contributed by atoms with Crippen LogP contribution in [0.3, 0.4) is 0 Å². The quantitative estimate of drug-likeness (QED) is 0.543. The number of carboxylic acid groups (broad SMARTS) is 1. The molecule has 0 radical (unpaired) electrons. The van der Waals surface area contributed by atoms with Crippen LogP contribution in [0.2, 0.25) is 0 Å². The van der Waals surface area contributed by atoms with Crippen LogP contribution >= 0.6 is 0 Å². The Morgan fingerprint density at radius 1 is 1.19 bits per heavy atom. The van der Waals surface area contributed by atoms with Crippen molar-refractivity contribution in [3.63, 3.8) is 0 Å². The van der Waals surface area contributed by atoms with Gasteiger partial charge in [-0.2, -0.15) is 0 Å². The smallest absolute Gasteiger partial charge is 0.261 e. The molecule has 2 aromatic rings. The van der Waals surface area contributed by atoms with Gasteiger partial charge in [-0.25, -0.2) is 8.42 Å². The van der Waals surface area contributed by atoms with Crippen molar-refractivity contribution in [2.24, 2.45) is 0 Å². The number of hydrogen-bond acceptors (Lipinski definition) is 6. The van der Waals surface area contributed by atoms with E-state index in [4.69, 9.17) is 5.73 Å². The average Bonchev–Trinajstić information content (AvgIpc) is 2.41. The molecule has 4 N–H and O–H groups in total. The predicted molar refractivity (Wildman–Crippen MR) is 74.1 cm³/mol. The predicted octanol–water partition coefficient (Wildman–Crippen LogP) is 0.139. The summed E-state index contributed by atoms with van der Waals surface area (Å²) in [6, 6.07) is 8.80. The highest BCUT2D eigenvalue weighted by Crippen LogP contribution is 2.25. The largest absolute Gasteiger partial charge is 0.545 e. The molecule has 0 bridgehead atoms. The third kappa shape index (κ3) is 3.06. The number of carboxylic acids is 1. The molecule has 0 atom stereocenters. The first-order valence-electron chi connectivity index (χ1n) is 5.73. The Balaban J connectivity index is 2.42. The summed E-state index contributed by atoms with van der Waals surface area (Å²) < 4.78 is 26.5. The summed E-state index contributed by atoms with van der Waals surface area (Å²) in [6.45, 7) is 0. The molecule has 0 saturated heterocycles. The maximum atomic E-state index is 12.2. The van der Waals surface area contributed by atoms with Crippen LogP contribution in [0, 0.1) is 0 Å². The lowest BCUT2D eigenvalue weighted by molar-refractivity contribution is -0.254. The van der Waals surface area contributed by atoms with Crippen molar-refractivity contribution in [2.75, 3.05) is 10.5 Å². The Hall–Kier alpha value is -2.74. The molecule has 0 heterocycles. The lowest BCUT2D eigenvalue weighted by Gasteiger charge is -2.13. The molecule has 0 aliphatic heterocycles. The maximum absolute atomic E-state index is 12.2. The maximum Gasteiger partial charge on any atom is 0.261 e. The minimum atomic E-state index is -4.04. The molecule has 0 fully saturated rings. The van der Waals surface area contributed by atoms with Crippen LogP contribution in [0.4, 0.5) is 11.4 Å². The summed E-state index contributed by atoms with van der Waals surface area (Å²) in [7, 11) is -4.04. The number of carbonyl (C=O) groups is 1. The van der Waals surface area contributed by atoms with Crippen molar-refractivity contribution in [1.82, 2.24) is 0 Å². The number of aromatic hydroxyl groups is 1. The molecule has 2 aromatic carbocycles. The standard InChI is InChI=1S/C13H12N2O5S/c14-10-7-8(5-6-12(10)16)21(19,20)15-11-4-2-1-3-9(11)13(17)18/h1-7,15-16H,14H2,(H,17,18)/p-1. The highest BCUT2D eigenvalue weighted by atomic mass is 32.2. The fraction of sp³-hybridized carbons (Fsp3) is 0. The fourth-order valence-electron chi connectivity index (χ4n) is 1.65. The second-order valence-electron chi connectivity index (χ2n) is 4.16. The van der Waals surface area contributed by atoms with Crippen LogP contribution in [0.1, 0.15) is 10.4 Å². The molecule has 0 unspecified atom stereocenters. The number of nitrogens with one attached hydrogen (secondary N) is 1. The van der Waals surface area contributed by atoms with Gasteiger partial charge in [0.15, 0.2) is 0 Å². The van der Waals surface area contributed by atoms with E-state index in [9.17, 15) is 23.4 Å². The molecular formula is C13H11N2O5S-. The monoisotopic (exact) mass is 307 g/mol. The lowest BCUT2D eigenvalue weighted by atomic mass is 10.2. The highest BCUT2D eigenvalue weighted by molar-refractivity contribution is 7.92. The molecule has 110 valence electrons. The Labute approximate surface area is 120 Å². The van der Waals surface area contributed by atoms with Gasteiger partial charge in [-0.15, -0.1) is 0 Å². The first-order chi connectivity index (χ1) is 9.81. The van der Waals surface area contributed by atoms with Crippen LogP contribution in [0.25, 0.3) is 0 Å². The Morgan fingerprint density at radius 2 is 1.86 bits per heavy atom. The van der Waals surface area contributed by atoms with E-state index in [1.807, 2.05) is 0 Å². The Morgan fingerprint density at radius 3 is 2.48 bits per heavy atom. The molecule has 0 aliphatic rings. The first-order valence-corrected chi connectivity index (χ1v) is 7.21. The first kappa shape index (κ1) is 14.7. The summed E-state index contributed by atoms with van der Waals surface area (Å²) in [4.78, 5) is 10.7. The number of para-hydroxylation sites is 1. The van der Waals surface area contributed by atoms with Crippen LogP contribution in [-0.2, 0) is 10.0 Å². The molecule has 0 aliphatic carbocycles. The van der Waals surface area contributed by atoms with E-state index in [2.05, 4.69) is 4.72 Å². The minimum Gasteiger partial charge on any atom is -0.545 e. The molecule has 0 spiro atoms. The van der Waals surface area contributed by atoms with Gasteiger partial charge in [0, 0.05) is 5.56 Å². The van der Waals surface area contributed by atoms with E-state index in [-0.39, 0.29) is 27.6 Å². The molecule has 8 heteroatoms. The van der Waals surface area contributed by atoms with Gasteiger partial charge >= 0.3 is 0 Å². The lowest BCUT2D eigenvalue weighted by Crippen LogP contribution is -2.24. The average molecular weight is 307 g/mol. The van der Waals surface area contributed by atoms with Crippen LogP contribution in [0.15, 0.2) is 47.4 Å². The Kier molecular flexibility index (Phi) is 3.72. The SMILES string of the molecule is Nc1cc(S(=O)(=O)Nc2ccccc2C(=O)[O-])ccc1O. The van der Waals surface area contributed by atoms with Gasteiger partial charge in [-0.1, -0.05) is 18.2 Å². The molecule has 0 aromatic heterocycles. The van der Waals surface area contributed by atoms with E-state index in [0.29, 0.717) is 0 Å². The fourth-order valence-corrected chi connectivity index (χ4v) is 2.77. The molecule has 0 amide bonds. The topological polar surface area (TPSA) is 133 Å². The normalized spacial score (nSPS) is 11.0. The van der Waals surface area contributed by atoms with Crippen LogP contribution in [0.5, 0.6) is 5.75 Å². The summed E-state index contributed by atoms with van der Waals surface area (Å²) in [5, 5.41) is 20.2. The number of nitrogen functional groups attached to an aromatic ring is 1. The number of benzene rings is 2. The second kappa shape index (κ2) is 5.33. The summed E-state index contributed by atoms with van der Waals surface area (Å²) >= 11 is 0. The van der Waals surface area contributed by atoms with E-state index in [1.54, 1.807) is 0 Å². The van der Waals surface area contributed by atoms with Crippen LogP contribution < -0.4 is 15.6 Å². The summed E-state index contributed by atoms with van der Waals surface area (Å²) in [5.74, 6) is -1.75. The second-order valence-corrected chi connectivity index (χ2v) is 5.84. The molecule has 21 heavy (non-hydrogen) atoms. The number of carbonyl (C=O) groups excluding carboxylic acids is 1. The van der Waals surface area contributed by atoms with Crippen molar-refractivity contribution in [3.8, 4) is 5.75 Å². The zero-order valence-electron chi connectivity index (χ0n) is 10.6.